The first-order valence-corrected chi connectivity index (χ1v) is 6.28. The Morgan fingerprint density at radius 2 is 2.09 bits per heavy atom. The maximum atomic E-state index is 11.9. The SMILES string of the molecule is O=C(/C=C/c1cccc(C(=O)N/N=C/c2ccco2)c1)NO. The van der Waals surface area contributed by atoms with E-state index in [4.69, 9.17) is 9.62 Å². The van der Waals surface area contributed by atoms with E-state index in [1.54, 1.807) is 36.4 Å². The van der Waals surface area contributed by atoms with E-state index in [2.05, 4.69) is 10.5 Å². The van der Waals surface area contributed by atoms with Gasteiger partial charge in [-0.05, 0) is 35.9 Å². The quantitative estimate of drug-likeness (QED) is 0.337. The number of amides is 2. The van der Waals surface area contributed by atoms with Gasteiger partial charge in [0.2, 0.25) is 0 Å². The van der Waals surface area contributed by atoms with Gasteiger partial charge >= 0.3 is 0 Å². The first-order valence-electron chi connectivity index (χ1n) is 6.28. The molecule has 1 aromatic carbocycles. The minimum Gasteiger partial charge on any atom is -0.463 e. The zero-order chi connectivity index (χ0) is 15.8. The van der Waals surface area contributed by atoms with E-state index in [1.807, 2.05) is 0 Å². The van der Waals surface area contributed by atoms with Crippen molar-refractivity contribution >= 4 is 24.1 Å². The molecule has 2 rings (SSSR count). The van der Waals surface area contributed by atoms with E-state index in [-0.39, 0.29) is 0 Å². The summed E-state index contributed by atoms with van der Waals surface area (Å²) in [4.78, 5) is 22.8. The Labute approximate surface area is 125 Å². The van der Waals surface area contributed by atoms with Crippen LogP contribution in [-0.4, -0.2) is 23.2 Å². The van der Waals surface area contributed by atoms with E-state index < -0.39 is 11.8 Å². The molecule has 1 heterocycles. The largest absolute Gasteiger partial charge is 0.463 e. The number of nitrogens with zero attached hydrogens (tertiary/aromatic N) is 1. The molecular formula is C15H13N3O4. The topological polar surface area (TPSA) is 104 Å². The highest BCUT2D eigenvalue weighted by molar-refractivity contribution is 5.96. The third kappa shape index (κ3) is 4.43. The van der Waals surface area contributed by atoms with E-state index in [9.17, 15) is 9.59 Å². The van der Waals surface area contributed by atoms with Crippen LogP contribution < -0.4 is 10.9 Å². The van der Waals surface area contributed by atoms with Crippen molar-refractivity contribution in [2.75, 3.05) is 0 Å². The highest BCUT2D eigenvalue weighted by Crippen LogP contribution is 2.07. The van der Waals surface area contributed by atoms with Crippen LogP contribution >= 0.6 is 0 Å². The lowest BCUT2D eigenvalue weighted by Gasteiger charge is -2.01. The summed E-state index contributed by atoms with van der Waals surface area (Å²) in [5, 5.41) is 12.2. The molecule has 0 aliphatic rings. The number of hydrazone groups is 1. The van der Waals surface area contributed by atoms with Crippen LogP contribution in [-0.2, 0) is 4.79 Å². The normalized spacial score (nSPS) is 11.0. The molecule has 0 atom stereocenters. The Morgan fingerprint density at radius 1 is 1.23 bits per heavy atom. The number of benzene rings is 1. The summed E-state index contributed by atoms with van der Waals surface area (Å²) < 4.78 is 5.04. The second-order valence-electron chi connectivity index (χ2n) is 4.15. The molecule has 0 radical (unpaired) electrons. The van der Waals surface area contributed by atoms with Gasteiger partial charge in [-0.25, -0.2) is 10.9 Å². The van der Waals surface area contributed by atoms with Crippen molar-refractivity contribution in [2.45, 2.75) is 0 Å². The van der Waals surface area contributed by atoms with Crippen LogP contribution in [0.1, 0.15) is 21.7 Å². The lowest BCUT2D eigenvalue weighted by molar-refractivity contribution is -0.124. The van der Waals surface area contributed by atoms with E-state index in [0.29, 0.717) is 16.9 Å². The maximum absolute atomic E-state index is 11.9. The third-order valence-corrected chi connectivity index (χ3v) is 2.59. The molecule has 0 spiro atoms. The molecule has 3 N–H and O–H groups in total. The molecule has 1 aromatic heterocycles. The van der Waals surface area contributed by atoms with Gasteiger partial charge in [0, 0.05) is 11.6 Å². The van der Waals surface area contributed by atoms with Gasteiger partial charge in [0.1, 0.15) is 5.76 Å². The zero-order valence-corrected chi connectivity index (χ0v) is 11.4. The molecule has 7 heteroatoms. The number of furan rings is 1. The van der Waals surface area contributed by atoms with Gasteiger partial charge in [0.25, 0.3) is 11.8 Å². The van der Waals surface area contributed by atoms with Crippen LogP contribution in [0, 0.1) is 0 Å². The smallest absolute Gasteiger partial charge is 0.271 e. The predicted octanol–water partition coefficient (Wildman–Crippen LogP) is 1.56. The molecule has 7 nitrogen and oxygen atoms in total. The fourth-order valence-electron chi connectivity index (χ4n) is 1.58. The summed E-state index contributed by atoms with van der Waals surface area (Å²) in [6, 6.07) is 9.99. The molecule has 0 aliphatic heterocycles. The van der Waals surface area contributed by atoms with Gasteiger partial charge in [0.05, 0.1) is 12.5 Å². The van der Waals surface area contributed by atoms with Crippen LogP contribution in [0.4, 0.5) is 0 Å². The first-order chi connectivity index (χ1) is 10.7. The lowest BCUT2D eigenvalue weighted by atomic mass is 10.1. The fourth-order valence-corrected chi connectivity index (χ4v) is 1.58. The Kier molecular flexibility index (Phi) is 5.22. The zero-order valence-electron chi connectivity index (χ0n) is 11.4. The lowest BCUT2D eigenvalue weighted by Crippen LogP contribution is -2.17. The van der Waals surface area contributed by atoms with Gasteiger partial charge in [-0.2, -0.15) is 5.10 Å². The van der Waals surface area contributed by atoms with Crippen molar-refractivity contribution in [2.24, 2.45) is 5.10 Å². The number of carbonyl (C=O) groups excluding carboxylic acids is 2. The molecule has 0 aliphatic carbocycles. The second-order valence-corrected chi connectivity index (χ2v) is 4.15. The van der Waals surface area contributed by atoms with E-state index >= 15 is 0 Å². The molecule has 0 fully saturated rings. The Bertz CT molecular complexity index is 705. The van der Waals surface area contributed by atoms with Gasteiger partial charge in [0.15, 0.2) is 0 Å². The summed E-state index contributed by atoms with van der Waals surface area (Å²) >= 11 is 0. The second kappa shape index (κ2) is 7.55. The minimum absolute atomic E-state index is 0.378. The number of rotatable bonds is 5. The number of hydroxylamine groups is 1. The number of hydrogen-bond donors (Lipinski definition) is 3. The highest BCUT2D eigenvalue weighted by Gasteiger charge is 2.04. The van der Waals surface area contributed by atoms with Gasteiger partial charge < -0.3 is 4.42 Å². The fraction of sp³-hybridized carbons (Fsp3) is 0. The molecule has 0 bridgehead atoms. The summed E-state index contributed by atoms with van der Waals surface area (Å²) in [5.41, 5.74) is 4.86. The Balaban J connectivity index is 2.00. The molecule has 22 heavy (non-hydrogen) atoms. The van der Waals surface area contributed by atoms with Gasteiger partial charge in [-0.1, -0.05) is 12.1 Å². The van der Waals surface area contributed by atoms with Crippen molar-refractivity contribution in [3.05, 3.63) is 65.6 Å². The number of hydrogen-bond acceptors (Lipinski definition) is 5. The maximum Gasteiger partial charge on any atom is 0.271 e. The van der Waals surface area contributed by atoms with E-state index in [1.165, 1.54) is 24.0 Å². The third-order valence-electron chi connectivity index (χ3n) is 2.59. The molecule has 0 saturated carbocycles. The van der Waals surface area contributed by atoms with Crippen molar-refractivity contribution in [1.29, 1.82) is 0 Å². The van der Waals surface area contributed by atoms with Crippen molar-refractivity contribution in [3.8, 4) is 0 Å². The van der Waals surface area contributed by atoms with E-state index in [0.717, 1.165) is 6.08 Å². The number of nitrogens with one attached hydrogen (secondary N) is 2. The highest BCUT2D eigenvalue weighted by atomic mass is 16.5. The average molecular weight is 299 g/mol. The standard InChI is InChI=1S/C15H13N3O4/c19-14(18-21)7-6-11-3-1-4-12(9-11)15(20)17-16-10-13-5-2-8-22-13/h1-10,21H,(H,17,20)(H,18,19)/b7-6+,16-10+. The first kappa shape index (κ1) is 15.2. The minimum atomic E-state index is -0.655. The van der Waals surface area contributed by atoms with Crippen molar-refractivity contribution in [1.82, 2.24) is 10.9 Å². The molecule has 2 aromatic rings. The van der Waals surface area contributed by atoms with Crippen molar-refractivity contribution < 1.29 is 19.2 Å². The molecule has 0 unspecified atom stereocenters. The number of carbonyl (C=O) groups is 2. The van der Waals surface area contributed by atoms with Crippen LogP contribution in [0.3, 0.4) is 0 Å². The van der Waals surface area contributed by atoms with Crippen LogP contribution in [0.2, 0.25) is 0 Å². The van der Waals surface area contributed by atoms with Crippen LogP contribution in [0.25, 0.3) is 6.08 Å². The van der Waals surface area contributed by atoms with Crippen LogP contribution in [0.15, 0.2) is 58.3 Å². The van der Waals surface area contributed by atoms with Gasteiger partial charge in [-0.3, -0.25) is 14.8 Å². The molecule has 112 valence electrons. The molecule has 2 amide bonds. The predicted molar refractivity (Wildman–Crippen MR) is 79.2 cm³/mol. The average Bonchev–Trinajstić information content (AvgIpc) is 3.06. The summed E-state index contributed by atoms with van der Waals surface area (Å²) in [6.45, 7) is 0. The molecular weight excluding hydrogens is 286 g/mol. The van der Waals surface area contributed by atoms with Crippen molar-refractivity contribution in [3.63, 3.8) is 0 Å². The monoisotopic (exact) mass is 299 g/mol. The summed E-state index contributed by atoms with van der Waals surface area (Å²) in [6.07, 6.45) is 5.50. The van der Waals surface area contributed by atoms with Crippen LogP contribution in [0.5, 0.6) is 0 Å². The molecule has 0 saturated heterocycles. The Morgan fingerprint density at radius 3 is 2.82 bits per heavy atom. The summed E-state index contributed by atoms with van der Waals surface area (Å²) in [7, 11) is 0. The Hall–Kier alpha value is -3.19. The van der Waals surface area contributed by atoms with Gasteiger partial charge in [-0.15, -0.1) is 0 Å². The summed E-state index contributed by atoms with van der Waals surface area (Å²) in [5.74, 6) is -0.533.